The van der Waals surface area contributed by atoms with Gasteiger partial charge in [0.15, 0.2) is 23.3 Å². The third-order valence-corrected chi connectivity index (χ3v) is 3.39. The summed E-state index contributed by atoms with van der Waals surface area (Å²) >= 11 is 0. The molecule has 0 unspecified atom stereocenters. The van der Waals surface area contributed by atoms with Gasteiger partial charge in [-0.1, -0.05) is 37.6 Å². The number of rotatable bonds is 5. The number of aryl methyl sites for hydroxylation is 1. The third-order valence-electron chi connectivity index (χ3n) is 3.39. The first kappa shape index (κ1) is 16.3. The summed E-state index contributed by atoms with van der Waals surface area (Å²) in [6.45, 7) is 2.08. The first-order chi connectivity index (χ1) is 10.5. The van der Waals surface area contributed by atoms with E-state index < -0.39 is 23.3 Å². The van der Waals surface area contributed by atoms with Crippen molar-refractivity contribution in [2.75, 3.05) is 0 Å². The molecule has 2 aromatic rings. The molecule has 0 nitrogen and oxygen atoms in total. The second kappa shape index (κ2) is 7.25. The predicted molar refractivity (Wildman–Crippen MR) is 80.4 cm³/mol. The molecular weight excluding hydrogens is 292 g/mol. The number of halogens is 4. The summed E-state index contributed by atoms with van der Waals surface area (Å²) in [7, 11) is 0. The lowest BCUT2D eigenvalue weighted by Gasteiger charge is -2.05. The van der Waals surface area contributed by atoms with Crippen molar-refractivity contribution in [1.82, 2.24) is 0 Å². The summed E-state index contributed by atoms with van der Waals surface area (Å²) in [4.78, 5) is 0. The lowest BCUT2D eigenvalue weighted by Crippen LogP contribution is -1.90. The topological polar surface area (TPSA) is 0 Å². The zero-order chi connectivity index (χ0) is 16.1. The van der Waals surface area contributed by atoms with Gasteiger partial charge in [0.05, 0.1) is 0 Å². The zero-order valence-corrected chi connectivity index (χ0v) is 12.2. The molecule has 0 atom stereocenters. The summed E-state index contributed by atoms with van der Waals surface area (Å²) in [6, 6.07) is 8.86. The Morgan fingerprint density at radius 1 is 0.818 bits per heavy atom. The maximum Gasteiger partial charge on any atom is 0.166 e. The number of hydrogen-bond donors (Lipinski definition) is 0. The standard InChI is InChI=1S/C18H16F4/c1-2-3-4-12-5-7-13(8-6-12)17(21)18(22)14-9-10-15(19)16(20)11-14/h5-11H,2-4H2,1H3. The molecule has 0 spiro atoms. The van der Waals surface area contributed by atoms with E-state index in [0.717, 1.165) is 37.0 Å². The Balaban J connectivity index is 2.27. The van der Waals surface area contributed by atoms with Crippen LogP contribution in [0.2, 0.25) is 0 Å². The molecule has 2 rings (SSSR count). The van der Waals surface area contributed by atoms with Crippen LogP contribution in [0.5, 0.6) is 0 Å². The van der Waals surface area contributed by atoms with Gasteiger partial charge in [0.1, 0.15) is 0 Å². The van der Waals surface area contributed by atoms with E-state index in [1.165, 1.54) is 12.1 Å². The van der Waals surface area contributed by atoms with E-state index in [1.54, 1.807) is 12.1 Å². The second-order valence-electron chi connectivity index (χ2n) is 5.06. The highest BCUT2D eigenvalue weighted by molar-refractivity contribution is 5.83. The van der Waals surface area contributed by atoms with Gasteiger partial charge in [-0.3, -0.25) is 0 Å². The Kier molecular flexibility index (Phi) is 5.36. The minimum Gasteiger partial charge on any atom is -0.204 e. The Bertz CT molecular complexity index is 672. The fourth-order valence-electron chi connectivity index (χ4n) is 2.08. The molecule has 116 valence electrons. The van der Waals surface area contributed by atoms with Gasteiger partial charge in [-0.05, 0) is 36.6 Å². The average molecular weight is 308 g/mol. The average Bonchev–Trinajstić information content (AvgIpc) is 2.54. The molecule has 4 heteroatoms. The summed E-state index contributed by atoms with van der Waals surface area (Å²) in [6.07, 6.45) is 2.97. The van der Waals surface area contributed by atoms with Crippen LogP contribution >= 0.6 is 0 Å². The molecule has 0 saturated heterocycles. The van der Waals surface area contributed by atoms with Crippen LogP contribution in [0.4, 0.5) is 17.6 Å². The molecule has 0 aliphatic carbocycles. The highest BCUT2D eigenvalue weighted by Crippen LogP contribution is 2.29. The number of hydrogen-bond acceptors (Lipinski definition) is 0. The van der Waals surface area contributed by atoms with E-state index in [4.69, 9.17) is 0 Å². The van der Waals surface area contributed by atoms with Crippen molar-refractivity contribution in [3.8, 4) is 0 Å². The number of unbranched alkanes of at least 4 members (excludes halogenated alkanes) is 1. The molecule has 0 radical (unpaired) electrons. The summed E-state index contributed by atoms with van der Waals surface area (Å²) < 4.78 is 54.1. The minimum atomic E-state index is -1.21. The van der Waals surface area contributed by atoms with Crippen LogP contribution in [0.3, 0.4) is 0 Å². The van der Waals surface area contributed by atoms with Crippen molar-refractivity contribution in [3.05, 3.63) is 70.8 Å². The van der Waals surface area contributed by atoms with E-state index >= 15 is 0 Å². The van der Waals surface area contributed by atoms with Gasteiger partial charge >= 0.3 is 0 Å². The van der Waals surface area contributed by atoms with E-state index in [9.17, 15) is 17.6 Å². The van der Waals surface area contributed by atoms with Gasteiger partial charge in [-0.2, -0.15) is 0 Å². The third kappa shape index (κ3) is 3.75. The Labute approximate surface area is 127 Å². The zero-order valence-electron chi connectivity index (χ0n) is 12.2. The molecule has 0 aromatic heterocycles. The fourth-order valence-corrected chi connectivity index (χ4v) is 2.08. The molecule has 0 fully saturated rings. The Hall–Kier alpha value is -2.10. The summed E-state index contributed by atoms with van der Waals surface area (Å²) in [5.41, 5.74) is 0.792. The Morgan fingerprint density at radius 2 is 1.41 bits per heavy atom. The minimum absolute atomic E-state index is 0.0717. The number of benzene rings is 2. The molecule has 2 aromatic carbocycles. The van der Waals surface area contributed by atoms with Gasteiger partial charge in [-0.15, -0.1) is 0 Å². The molecule has 0 aliphatic rings. The highest BCUT2D eigenvalue weighted by atomic mass is 19.2. The molecule has 0 N–H and O–H groups in total. The van der Waals surface area contributed by atoms with E-state index in [-0.39, 0.29) is 11.1 Å². The molecule has 0 amide bonds. The molecule has 0 bridgehead atoms. The van der Waals surface area contributed by atoms with Gasteiger partial charge in [-0.25, -0.2) is 17.6 Å². The summed E-state index contributed by atoms with van der Waals surface area (Å²) in [5.74, 6) is -4.61. The van der Waals surface area contributed by atoms with Crippen molar-refractivity contribution in [2.45, 2.75) is 26.2 Å². The van der Waals surface area contributed by atoms with E-state index in [2.05, 4.69) is 6.92 Å². The van der Waals surface area contributed by atoms with E-state index in [1.807, 2.05) is 0 Å². The van der Waals surface area contributed by atoms with Crippen LogP contribution < -0.4 is 0 Å². The largest absolute Gasteiger partial charge is 0.204 e. The first-order valence-electron chi connectivity index (χ1n) is 7.13. The van der Waals surface area contributed by atoms with Gasteiger partial charge in [0.25, 0.3) is 0 Å². The van der Waals surface area contributed by atoms with Crippen molar-refractivity contribution < 1.29 is 17.6 Å². The predicted octanol–water partition coefficient (Wildman–Crippen LogP) is 6.07. The highest BCUT2D eigenvalue weighted by Gasteiger charge is 2.13. The monoisotopic (exact) mass is 308 g/mol. The maximum atomic E-state index is 14.1. The van der Waals surface area contributed by atoms with Crippen molar-refractivity contribution in [2.24, 2.45) is 0 Å². The summed E-state index contributed by atoms with van der Waals surface area (Å²) in [5, 5.41) is 0. The Morgan fingerprint density at radius 3 is 2.00 bits per heavy atom. The molecule has 0 saturated carbocycles. The lowest BCUT2D eigenvalue weighted by atomic mass is 10.0. The lowest BCUT2D eigenvalue weighted by molar-refractivity contribution is 0.507. The maximum absolute atomic E-state index is 14.1. The van der Waals surface area contributed by atoms with Crippen molar-refractivity contribution in [1.29, 1.82) is 0 Å². The van der Waals surface area contributed by atoms with Gasteiger partial charge < -0.3 is 0 Å². The first-order valence-corrected chi connectivity index (χ1v) is 7.13. The quantitative estimate of drug-likeness (QED) is 0.464. The molecular formula is C18H16F4. The molecule has 0 heterocycles. The van der Waals surface area contributed by atoms with Crippen LogP contribution in [0, 0.1) is 11.6 Å². The van der Waals surface area contributed by atoms with Gasteiger partial charge in [0, 0.05) is 11.1 Å². The fraction of sp³-hybridized carbons (Fsp3) is 0.222. The van der Waals surface area contributed by atoms with Crippen molar-refractivity contribution >= 4 is 11.7 Å². The van der Waals surface area contributed by atoms with Crippen LogP contribution in [0.25, 0.3) is 11.7 Å². The molecule has 22 heavy (non-hydrogen) atoms. The molecule has 0 aliphatic heterocycles. The van der Waals surface area contributed by atoms with Crippen LogP contribution in [0.15, 0.2) is 42.5 Å². The second-order valence-corrected chi connectivity index (χ2v) is 5.06. The van der Waals surface area contributed by atoms with Gasteiger partial charge in [0.2, 0.25) is 0 Å². The smallest absolute Gasteiger partial charge is 0.166 e. The van der Waals surface area contributed by atoms with Crippen molar-refractivity contribution in [3.63, 3.8) is 0 Å². The van der Waals surface area contributed by atoms with Crippen LogP contribution in [-0.4, -0.2) is 0 Å². The van der Waals surface area contributed by atoms with Crippen LogP contribution in [0.1, 0.15) is 36.5 Å². The van der Waals surface area contributed by atoms with E-state index in [0.29, 0.717) is 6.07 Å². The SMILES string of the molecule is CCCCc1ccc(C(F)=C(F)c2ccc(F)c(F)c2)cc1. The normalized spacial score (nSPS) is 12.2. The van der Waals surface area contributed by atoms with Crippen LogP contribution in [-0.2, 0) is 6.42 Å².